The van der Waals surface area contributed by atoms with Crippen LogP contribution in [-0.4, -0.2) is 21.9 Å². The zero-order chi connectivity index (χ0) is 19.0. The van der Waals surface area contributed by atoms with Crippen molar-refractivity contribution in [2.24, 2.45) is 5.10 Å². The molecule has 0 radical (unpaired) electrons. The van der Waals surface area contributed by atoms with Crippen LogP contribution < -0.4 is 5.43 Å². The standard InChI is InChI=1S/C19H16ClFN4OS/c1-11-15(18(20)25(24-11)14-7-5-13(21)6-8-14)10-22-23-19(26)17-9-12-3-2-4-16(12)27-17/h5-10H,2-4H2,1H3,(H,23,26)/b22-10-. The molecule has 0 unspecified atom stereocenters. The summed E-state index contributed by atoms with van der Waals surface area (Å²) in [4.78, 5) is 14.2. The van der Waals surface area contributed by atoms with Gasteiger partial charge in [0, 0.05) is 4.88 Å². The molecule has 1 N–H and O–H groups in total. The molecule has 1 aliphatic carbocycles. The fraction of sp³-hybridized carbons (Fsp3) is 0.211. The van der Waals surface area contributed by atoms with Crippen LogP contribution in [0.5, 0.6) is 0 Å². The van der Waals surface area contributed by atoms with Gasteiger partial charge in [-0.15, -0.1) is 11.3 Å². The van der Waals surface area contributed by atoms with Gasteiger partial charge in [0.05, 0.1) is 28.0 Å². The van der Waals surface area contributed by atoms with E-state index in [9.17, 15) is 9.18 Å². The van der Waals surface area contributed by atoms with Crippen molar-refractivity contribution >= 4 is 35.1 Å². The zero-order valence-electron chi connectivity index (χ0n) is 14.5. The van der Waals surface area contributed by atoms with Crippen LogP contribution in [0.15, 0.2) is 35.4 Å². The summed E-state index contributed by atoms with van der Waals surface area (Å²) in [7, 11) is 0. The predicted octanol–water partition coefficient (Wildman–Crippen LogP) is 4.29. The van der Waals surface area contributed by atoms with Gasteiger partial charge in [0.15, 0.2) is 0 Å². The molecule has 8 heteroatoms. The summed E-state index contributed by atoms with van der Waals surface area (Å²) in [6.07, 6.45) is 4.73. The molecule has 1 amide bonds. The number of hydrogen-bond acceptors (Lipinski definition) is 4. The van der Waals surface area contributed by atoms with Crippen LogP contribution in [0.4, 0.5) is 4.39 Å². The lowest BCUT2D eigenvalue weighted by atomic mass is 10.2. The lowest BCUT2D eigenvalue weighted by Gasteiger charge is -2.02. The van der Waals surface area contributed by atoms with Crippen LogP contribution in [0.25, 0.3) is 5.69 Å². The van der Waals surface area contributed by atoms with Gasteiger partial charge in [-0.3, -0.25) is 4.79 Å². The third kappa shape index (κ3) is 3.52. The number of nitrogens with one attached hydrogen (secondary N) is 1. The third-order valence-corrected chi connectivity index (χ3v) is 6.05. The van der Waals surface area contributed by atoms with Gasteiger partial charge in [-0.25, -0.2) is 14.5 Å². The molecular weight excluding hydrogens is 387 g/mol. The Morgan fingerprint density at radius 3 is 2.89 bits per heavy atom. The minimum Gasteiger partial charge on any atom is -0.266 e. The molecule has 138 valence electrons. The molecule has 4 rings (SSSR count). The second-order valence-corrected chi connectivity index (χ2v) is 7.78. The number of nitrogens with zero attached hydrogens (tertiary/aromatic N) is 3. The quantitative estimate of drug-likeness (QED) is 0.522. The molecule has 0 saturated heterocycles. The average Bonchev–Trinajstić information content (AvgIpc) is 3.31. The Bertz CT molecular complexity index is 1020. The van der Waals surface area contributed by atoms with Gasteiger partial charge in [-0.2, -0.15) is 10.2 Å². The van der Waals surface area contributed by atoms with Crippen molar-refractivity contribution < 1.29 is 9.18 Å². The topological polar surface area (TPSA) is 59.3 Å². The van der Waals surface area contributed by atoms with Gasteiger partial charge >= 0.3 is 0 Å². The van der Waals surface area contributed by atoms with Gasteiger partial charge in [-0.1, -0.05) is 11.6 Å². The first-order chi connectivity index (χ1) is 13.0. The molecule has 5 nitrogen and oxygen atoms in total. The summed E-state index contributed by atoms with van der Waals surface area (Å²) in [6, 6.07) is 7.81. The number of rotatable bonds is 4. The second-order valence-electron chi connectivity index (χ2n) is 6.29. The van der Waals surface area contributed by atoms with Gasteiger partial charge in [0.25, 0.3) is 5.91 Å². The SMILES string of the molecule is Cc1nn(-c2ccc(F)cc2)c(Cl)c1/C=N\NC(=O)c1cc2c(s1)CCC2. The van der Waals surface area contributed by atoms with Crippen LogP contribution in [-0.2, 0) is 12.8 Å². The molecule has 3 aromatic rings. The Morgan fingerprint density at radius 1 is 1.37 bits per heavy atom. The van der Waals surface area contributed by atoms with E-state index in [1.54, 1.807) is 19.1 Å². The Balaban J connectivity index is 1.50. The smallest absolute Gasteiger partial charge is 0.266 e. The minimum absolute atomic E-state index is 0.231. The number of carbonyl (C=O) groups excluding carboxylic acids is 1. The monoisotopic (exact) mass is 402 g/mol. The van der Waals surface area contributed by atoms with Crippen molar-refractivity contribution in [1.82, 2.24) is 15.2 Å². The highest BCUT2D eigenvalue weighted by atomic mass is 35.5. The van der Waals surface area contributed by atoms with E-state index in [4.69, 9.17) is 11.6 Å². The number of amides is 1. The van der Waals surface area contributed by atoms with Crippen LogP contribution in [0.2, 0.25) is 5.15 Å². The van der Waals surface area contributed by atoms with E-state index in [1.807, 2.05) is 6.07 Å². The van der Waals surface area contributed by atoms with Crippen molar-refractivity contribution in [3.63, 3.8) is 0 Å². The van der Waals surface area contributed by atoms with Crippen molar-refractivity contribution in [3.8, 4) is 5.69 Å². The van der Waals surface area contributed by atoms with Crippen LogP contribution in [0.1, 0.15) is 37.8 Å². The average molecular weight is 403 g/mol. The maximum atomic E-state index is 13.1. The maximum absolute atomic E-state index is 13.1. The van der Waals surface area contributed by atoms with Gasteiger partial charge < -0.3 is 0 Å². The highest BCUT2D eigenvalue weighted by Gasteiger charge is 2.18. The molecular formula is C19H16ClFN4OS. The molecule has 1 aromatic carbocycles. The number of carbonyl (C=O) groups is 1. The van der Waals surface area contributed by atoms with Crippen molar-refractivity contribution in [2.45, 2.75) is 26.2 Å². The highest BCUT2D eigenvalue weighted by molar-refractivity contribution is 7.14. The van der Waals surface area contributed by atoms with Gasteiger partial charge in [0.2, 0.25) is 0 Å². The van der Waals surface area contributed by atoms with Gasteiger partial charge in [-0.05, 0) is 62.1 Å². The van der Waals surface area contributed by atoms with Crippen LogP contribution >= 0.6 is 22.9 Å². The van der Waals surface area contributed by atoms with Crippen LogP contribution in [0, 0.1) is 12.7 Å². The molecule has 2 aromatic heterocycles. The molecule has 0 saturated carbocycles. The van der Waals surface area contributed by atoms with Crippen molar-refractivity contribution in [3.05, 3.63) is 67.9 Å². The molecule has 2 heterocycles. The molecule has 27 heavy (non-hydrogen) atoms. The molecule has 0 atom stereocenters. The summed E-state index contributed by atoms with van der Waals surface area (Å²) in [5.41, 5.74) is 5.70. The third-order valence-electron chi connectivity index (χ3n) is 4.45. The Hall–Kier alpha value is -2.51. The predicted molar refractivity (Wildman–Crippen MR) is 105 cm³/mol. The lowest BCUT2D eigenvalue weighted by Crippen LogP contribution is -2.16. The van der Waals surface area contributed by atoms with Gasteiger partial charge in [0.1, 0.15) is 11.0 Å². The van der Waals surface area contributed by atoms with Crippen LogP contribution in [0.3, 0.4) is 0 Å². The van der Waals surface area contributed by atoms with E-state index in [1.165, 1.54) is 44.8 Å². The van der Waals surface area contributed by atoms with E-state index in [0.717, 1.165) is 19.3 Å². The number of benzene rings is 1. The number of hydrogen-bond donors (Lipinski definition) is 1. The summed E-state index contributed by atoms with van der Waals surface area (Å²) in [5.74, 6) is -0.562. The number of aromatic nitrogens is 2. The number of fused-ring (bicyclic) bond motifs is 1. The summed E-state index contributed by atoms with van der Waals surface area (Å²) < 4.78 is 14.6. The molecule has 1 aliphatic rings. The second kappa shape index (κ2) is 7.25. The number of halogens is 2. The summed E-state index contributed by atoms with van der Waals surface area (Å²) in [5, 5.41) is 8.73. The Labute approximate surface area is 164 Å². The Kier molecular flexibility index (Phi) is 4.80. The van der Waals surface area contributed by atoms with E-state index < -0.39 is 0 Å². The summed E-state index contributed by atoms with van der Waals surface area (Å²) >= 11 is 7.92. The Morgan fingerprint density at radius 2 is 2.15 bits per heavy atom. The number of aryl methyl sites for hydroxylation is 3. The highest BCUT2D eigenvalue weighted by Crippen LogP contribution is 2.30. The molecule has 0 aliphatic heterocycles. The lowest BCUT2D eigenvalue weighted by molar-refractivity contribution is 0.0959. The minimum atomic E-state index is -0.331. The molecule has 0 spiro atoms. The van der Waals surface area contributed by atoms with E-state index in [2.05, 4.69) is 15.6 Å². The first-order valence-electron chi connectivity index (χ1n) is 8.49. The number of hydrazone groups is 1. The van der Waals surface area contributed by atoms with Crippen molar-refractivity contribution in [2.75, 3.05) is 0 Å². The normalized spacial score (nSPS) is 13.3. The fourth-order valence-electron chi connectivity index (χ4n) is 3.06. The zero-order valence-corrected chi connectivity index (χ0v) is 16.1. The molecule has 0 bridgehead atoms. The first-order valence-corrected chi connectivity index (χ1v) is 9.68. The van der Waals surface area contributed by atoms with E-state index in [-0.39, 0.29) is 11.7 Å². The first kappa shape index (κ1) is 17.9. The number of thiophene rings is 1. The summed E-state index contributed by atoms with van der Waals surface area (Å²) in [6.45, 7) is 1.79. The van der Waals surface area contributed by atoms with E-state index >= 15 is 0 Å². The van der Waals surface area contributed by atoms with Crippen molar-refractivity contribution in [1.29, 1.82) is 0 Å². The maximum Gasteiger partial charge on any atom is 0.281 e. The molecule has 0 fully saturated rings. The van der Waals surface area contributed by atoms with E-state index in [0.29, 0.717) is 27.0 Å². The fourth-order valence-corrected chi connectivity index (χ4v) is 4.53. The largest absolute Gasteiger partial charge is 0.281 e.